The fourth-order valence-electron chi connectivity index (χ4n) is 1.54. The highest BCUT2D eigenvalue weighted by Crippen LogP contribution is 2.28. The summed E-state index contributed by atoms with van der Waals surface area (Å²) < 4.78 is 1.04. The molecule has 1 heterocycles. The van der Waals surface area contributed by atoms with Crippen LogP contribution < -0.4 is 10.2 Å². The van der Waals surface area contributed by atoms with Gasteiger partial charge in [-0.2, -0.15) is 15.0 Å². The molecule has 0 fully saturated rings. The van der Waals surface area contributed by atoms with Crippen LogP contribution in [0.4, 0.5) is 11.9 Å². The molecule has 0 saturated carbocycles. The molecule has 21 heavy (non-hydrogen) atoms. The van der Waals surface area contributed by atoms with Crippen molar-refractivity contribution in [2.75, 3.05) is 30.9 Å². The number of halogens is 1. The summed E-state index contributed by atoms with van der Waals surface area (Å²) in [4.78, 5) is 16.3. The highest BCUT2D eigenvalue weighted by molar-refractivity contribution is 9.10. The Morgan fingerprint density at radius 2 is 2.05 bits per heavy atom. The van der Waals surface area contributed by atoms with Crippen molar-refractivity contribution in [3.8, 4) is 0 Å². The van der Waals surface area contributed by atoms with Gasteiger partial charge in [-0.25, -0.2) is 0 Å². The lowest BCUT2D eigenvalue weighted by Gasteiger charge is -2.13. The fraction of sp³-hybridized carbons (Fsp3) is 0.357. The van der Waals surface area contributed by atoms with Crippen molar-refractivity contribution >= 4 is 39.6 Å². The smallest absolute Gasteiger partial charge is 0.230 e. The van der Waals surface area contributed by atoms with Crippen LogP contribution in [0, 0.1) is 0 Å². The van der Waals surface area contributed by atoms with E-state index in [0.29, 0.717) is 17.1 Å². The molecule has 0 aliphatic rings. The molecular weight excluding hydrogens is 350 g/mol. The minimum atomic E-state index is 0.619. The molecule has 0 unspecified atom stereocenters. The SMILES string of the molecule is CCCNc1nc(Sc2cccc(Br)c2)nc(N(C)C)n1. The maximum absolute atomic E-state index is 4.48. The van der Waals surface area contributed by atoms with Crippen molar-refractivity contribution in [1.82, 2.24) is 15.0 Å². The van der Waals surface area contributed by atoms with Crippen LogP contribution in [-0.2, 0) is 0 Å². The molecule has 0 radical (unpaired) electrons. The summed E-state index contributed by atoms with van der Waals surface area (Å²) in [6.07, 6.45) is 1.02. The van der Waals surface area contributed by atoms with Crippen LogP contribution in [-0.4, -0.2) is 35.6 Å². The summed E-state index contributed by atoms with van der Waals surface area (Å²) in [7, 11) is 3.85. The van der Waals surface area contributed by atoms with Gasteiger partial charge in [0.15, 0.2) is 5.16 Å². The van der Waals surface area contributed by atoms with Crippen molar-refractivity contribution in [1.29, 1.82) is 0 Å². The third-order valence-corrected chi connectivity index (χ3v) is 3.89. The molecule has 5 nitrogen and oxygen atoms in total. The van der Waals surface area contributed by atoms with Gasteiger partial charge in [0.1, 0.15) is 0 Å². The lowest BCUT2D eigenvalue weighted by molar-refractivity contribution is 0.852. The van der Waals surface area contributed by atoms with E-state index in [1.165, 1.54) is 11.8 Å². The monoisotopic (exact) mass is 367 g/mol. The Hall–Kier alpha value is -1.34. The Morgan fingerprint density at radius 3 is 2.71 bits per heavy atom. The Kier molecular flexibility index (Phi) is 5.81. The number of benzene rings is 1. The largest absolute Gasteiger partial charge is 0.354 e. The number of nitrogens with one attached hydrogen (secondary N) is 1. The molecule has 0 bridgehead atoms. The van der Waals surface area contributed by atoms with Crippen molar-refractivity contribution in [2.45, 2.75) is 23.4 Å². The van der Waals surface area contributed by atoms with Crippen molar-refractivity contribution in [2.24, 2.45) is 0 Å². The van der Waals surface area contributed by atoms with E-state index < -0.39 is 0 Å². The van der Waals surface area contributed by atoms with E-state index in [1.54, 1.807) is 0 Å². The van der Waals surface area contributed by atoms with E-state index in [4.69, 9.17) is 0 Å². The molecule has 2 aromatic rings. The highest BCUT2D eigenvalue weighted by Gasteiger charge is 2.09. The Morgan fingerprint density at radius 1 is 1.24 bits per heavy atom. The standard InChI is InChI=1S/C14H18BrN5S/c1-4-8-16-12-17-13(20(2)3)19-14(18-12)21-11-7-5-6-10(15)9-11/h5-7,9H,4,8H2,1-3H3,(H,16,17,18,19). The molecule has 7 heteroatoms. The Bertz CT molecular complexity index is 606. The average molecular weight is 368 g/mol. The zero-order chi connectivity index (χ0) is 15.2. The second-order valence-electron chi connectivity index (χ2n) is 4.62. The fourth-order valence-corrected chi connectivity index (χ4v) is 2.90. The van der Waals surface area contributed by atoms with Gasteiger partial charge in [0, 0.05) is 30.0 Å². The quantitative estimate of drug-likeness (QED) is 0.840. The second-order valence-corrected chi connectivity index (χ2v) is 6.58. The van der Waals surface area contributed by atoms with Gasteiger partial charge in [-0.15, -0.1) is 0 Å². The molecule has 1 aromatic carbocycles. The van der Waals surface area contributed by atoms with Crippen LogP contribution in [0.3, 0.4) is 0 Å². The maximum Gasteiger partial charge on any atom is 0.230 e. The van der Waals surface area contributed by atoms with Gasteiger partial charge in [-0.1, -0.05) is 28.9 Å². The number of anilines is 2. The summed E-state index contributed by atoms with van der Waals surface area (Å²) in [6, 6.07) is 8.07. The van der Waals surface area contributed by atoms with Crippen LogP contribution in [0.25, 0.3) is 0 Å². The topological polar surface area (TPSA) is 53.9 Å². The van der Waals surface area contributed by atoms with E-state index in [0.717, 1.165) is 22.3 Å². The van der Waals surface area contributed by atoms with E-state index in [-0.39, 0.29) is 0 Å². The summed E-state index contributed by atoms with van der Waals surface area (Å²) in [5.74, 6) is 1.27. The van der Waals surface area contributed by atoms with Crippen molar-refractivity contribution < 1.29 is 0 Å². The molecule has 0 amide bonds. The minimum absolute atomic E-state index is 0.619. The average Bonchev–Trinajstić information content (AvgIpc) is 2.45. The van der Waals surface area contributed by atoms with Gasteiger partial charge in [-0.3, -0.25) is 0 Å². The van der Waals surface area contributed by atoms with Crippen LogP contribution in [0.2, 0.25) is 0 Å². The number of nitrogens with zero attached hydrogens (tertiary/aromatic N) is 4. The van der Waals surface area contributed by atoms with E-state index in [1.807, 2.05) is 43.3 Å². The van der Waals surface area contributed by atoms with Crippen molar-refractivity contribution in [3.05, 3.63) is 28.7 Å². The number of aromatic nitrogens is 3. The molecule has 0 aliphatic carbocycles. The Labute approximate surface area is 137 Å². The van der Waals surface area contributed by atoms with Gasteiger partial charge in [0.05, 0.1) is 0 Å². The lowest BCUT2D eigenvalue weighted by Crippen LogP contribution is -2.16. The first-order valence-electron chi connectivity index (χ1n) is 6.69. The van der Waals surface area contributed by atoms with E-state index in [2.05, 4.69) is 43.1 Å². The summed E-state index contributed by atoms with van der Waals surface area (Å²) in [5, 5.41) is 3.90. The van der Waals surface area contributed by atoms with E-state index >= 15 is 0 Å². The first-order chi connectivity index (χ1) is 10.1. The molecule has 1 N–H and O–H groups in total. The van der Waals surface area contributed by atoms with Crippen LogP contribution in [0.15, 0.2) is 38.8 Å². The first kappa shape index (κ1) is 16.0. The maximum atomic E-state index is 4.48. The molecular formula is C14H18BrN5S. The van der Waals surface area contributed by atoms with Gasteiger partial charge in [-0.05, 0) is 36.4 Å². The lowest BCUT2D eigenvalue weighted by atomic mass is 10.4. The molecule has 112 valence electrons. The summed E-state index contributed by atoms with van der Waals surface area (Å²) in [6.45, 7) is 2.95. The normalized spacial score (nSPS) is 10.5. The highest BCUT2D eigenvalue weighted by atomic mass is 79.9. The summed E-state index contributed by atoms with van der Waals surface area (Å²) >= 11 is 5.00. The predicted octanol–water partition coefficient (Wildman–Crippen LogP) is 3.67. The molecule has 0 aliphatic heterocycles. The zero-order valence-corrected chi connectivity index (χ0v) is 14.7. The Balaban J connectivity index is 2.26. The van der Waals surface area contributed by atoms with Gasteiger partial charge in [0.25, 0.3) is 0 Å². The third kappa shape index (κ3) is 4.86. The van der Waals surface area contributed by atoms with Crippen LogP contribution in [0.1, 0.15) is 13.3 Å². The number of hydrogen-bond acceptors (Lipinski definition) is 6. The third-order valence-electron chi connectivity index (χ3n) is 2.54. The van der Waals surface area contributed by atoms with Gasteiger partial charge >= 0.3 is 0 Å². The van der Waals surface area contributed by atoms with Crippen molar-refractivity contribution in [3.63, 3.8) is 0 Å². The first-order valence-corrected chi connectivity index (χ1v) is 8.30. The number of hydrogen-bond donors (Lipinski definition) is 1. The molecule has 0 atom stereocenters. The molecule has 1 aromatic heterocycles. The number of rotatable bonds is 6. The van der Waals surface area contributed by atoms with Gasteiger partial charge < -0.3 is 10.2 Å². The molecule has 0 spiro atoms. The van der Waals surface area contributed by atoms with Crippen LogP contribution in [0.5, 0.6) is 0 Å². The summed E-state index contributed by atoms with van der Waals surface area (Å²) in [5.41, 5.74) is 0. The zero-order valence-electron chi connectivity index (χ0n) is 12.3. The molecule has 2 rings (SSSR count). The minimum Gasteiger partial charge on any atom is -0.354 e. The van der Waals surface area contributed by atoms with Gasteiger partial charge in [0.2, 0.25) is 11.9 Å². The van der Waals surface area contributed by atoms with Crippen LogP contribution >= 0.6 is 27.7 Å². The molecule has 0 saturated heterocycles. The second kappa shape index (κ2) is 7.61. The predicted molar refractivity (Wildman–Crippen MR) is 91.2 cm³/mol. The van der Waals surface area contributed by atoms with E-state index in [9.17, 15) is 0 Å².